The summed E-state index contributed by atoms with van der Waals surface area (Å²) in [6.45, 7) is 8.70. The van der Waals surface area contributed by atoms with Crippen LogP contribution in [0.5, 0.6) is 0 Å². The molecule has 0 aliphatic heterocycles. The smallest absolute Gasteiger partial charge is 0.0864 e. The van der Waals surface area contributed by atoms with Crippen LogP contribution in [0.1, 0.15) is 40.5 Å². The summed E-state index contributed by atoms with van der Waals surface area (Å²) >= 11 is 0. The topological polar surface area (TPSA) is 9.23 Å². The van der Waals surface area contributed by atoms with Gasteiger partial charge in [-0.25, -0.2) is 0 Å². The van der Waals surface area contributed by atoms with E-state index in [2.05, 4.69) is 39.8 Å². The minimum atomic E-state index is 0.608. The summed E-state index contributed by atoms with van der Waals surface area (Å²) < 4.78 is 5.22. The minimum absolute atomic E-state index is 0.608. The summed E-state index contributed by atoms with van der Waals surface area (Å²) in [6.07, 6.45) is 10.0. The maximum absolute atomic E-state index is 5.22. The Kier molecular flexibility index (Phi) is 7.47. The summed E-state index contributed by atoms with van der Waals surface area (Å²) in [5, 5.41) is 0. The van der Waals surface area contributed by atoms with E-state index in [1.807, 2.05) is 0 Å². The Morgan fingerprint density at radius 1 is 0.923 bits per heavy atom. The summed E-state index contributed by atoms with van der Waals surface area (Å²) in [6, 6.07) is 0. The van der Waals surface area contributed by atoms with Gasteiger partial charge in [-0.1, -0.05) is 27.7 Å². The fourth-order valence-corrected chi connectivity index (χ4v) is 0.676. The Morgan fingerprint density at radius 2 is 1.31 bits per heavy atom. The van der Waals surface area contributed by atoms with Gasteiger partial charge in [0.05, 0.1) is 12.5 Å². The molecule has 0 aromatic heterocycles. The first-order valence-electron chi connectivity index (χ1n) is 5.19. The van der Waals surface area contributed by atoms with Gasteiger partial charge in [0.15, 0.2) is 0 Å². The van der Waals surface area contributed by atoms with E-state index in [9.17, 15) is 0 Å². The van der Waals surface area contributed by atoms with Crippen LogP contribution >= 0.6 is 0 Å². The third-order valence-electron chi connectivity index (χ3n) is 2.26. The van der Waals surface area contributed by atoms with Gasteiger partial charge in [0.2, 0.25) is 0 Å². The molecule has 0 bridgehead atoms. The lowest BCUT2D eigenvalue weighted by atomic mass is 10.1. The molecule has 0 fully saturated rings. The molecular formula is C12H22O. The quantitative estimate of drug-likeness (QED) is 0.561. The van der Waals surface area contributed by atoms with E-state index in [-0.39, 0.29) is 0 Å². The molecule has 1 nitrogen and oxygen atoms in total. The fourth-order valence-electron chi connectivity index (χ4n) is 0.676. The van der Waals surface area contributed by atoms with Gasteiger partial charge in [-0.2, -0.15) is 0 Å². The fraction of sp³-hybridized carbons (Fsp3) is 0.667. The second-order valence-corrected chi connectivity index (χ2v) is 3.56. The SMILES string of the molecule is CCC(C)/C=C\O/C=C\C(C)CC. The lowest BCUT2D eigenvalue weighted by molar-refractivity contribution is 0.391. The van der Waals surface area contributed by atoms with Crippen LogP contribution in [-0.4, -0.2) is 0 Å². The predicted molar refractivity (Wildman–Crippen MR) is 58.3 cm³/mol. The van der Waals surface area contributed by atoms with Crippen molar-refractivity contribution < 1.29 is 4.74 Å². The second-order valence-electron chi connectivity index (χ2n) is 3.56. The molecule has 0 aromatic carbocycles. The van der Waals surface area contributed by atoms with Crippen molar-refractivity contribution >= 4 is 0 Å². The number of hydrogen-bond acceptors (Lipinski definition) is 1. The van der Waals surface area contributed by atoms with Gasteiger partial charge in [0, 0.05) is 0 Å². The van der Waals surface area contributed by atoms with Crippen LogP contribution in [0.25, 0.3) is 0 Å². The van der Waals surface area contributed by atoms with Crippen LogP contribution in [-0.2, 0) is 4.74 Å². The van der Waals surface area contributed by atoms with Crippen molar-refractivity contribution in [3.63, 3.8) is 0 Å². The van der Waals surface area contributed by atoms with E-state index in [0.717, 1.165) is 12.8 Å². The largest absolute Gasteiger partial charge is 0.473 e. The molecular weight excluding hydrogens is 160 g/mol. The lowest BCUT2D eigenvalue weighted by Crippen LogP contribution is -1.85. The Bertz CT molecular complexity index is 141. The molecule has 0 amide bonds. The third kappa shape index (κ3) is 7.63. The van der Waals surface area contributed by atoms with Crippen molar-refractivity contribution in [3.8, 4) is 0 Å². The predicted octanol–water partition coefficient (Wildman–Crippen LogP) is 4.12. The second kappa shape index (κ2) is 7.90. The van der Waals surface area contributed by atoms with Gasteiger partial charge >= 0.3 is 0 Å². The molecule has 0 heterocycles. The molecule has 0 radical (unpaired) electrons. The van der Waals surface area contributed by atoms with E-state index in [0.29, 0.717) is 11.8 Å². The molecule has 0 aliphatic rings. The van der Waals surface area contributed by atoms with Crippen molar-refractivity contribution in [1.82, 2.24) is 0 Å². The van der Waals surface area contributed by atoms with Gasteiger partial charge in [0.25, 0.3) is 0 Å². The zero-order chi connectivity index (χ0) is 10.1. The van der Waals surface area contributed by atoms with Gasteiger partial charge in [-0.15, -0.1) is 0 Å². The highest BCUT2D eigenvalue weighted by molar-refractivity contribution is 4.84. The van der Waals surface area contributed by atoms with Gasteiger partial charge in [-0.3, -0.25) is 0 Å². The van der Waals surface area contributed by atoms with Gasteiger partial charge in [-0.05, 0) is 36.8 Å². The van der Waals surface area contributed by atoms with E-state index in [1.165, 1.54) is 0 Å². The number of rotatable bonds is 6. The summed E-state index contributed by atoms with van der Waals surface area (Å²) in [7, 11) is 0. The molecule has 0 N–H and O–H groups in total. The van der Waals surface area contributed by atoms with Crippen LogP contribution in [0, 0.1) is 11.8 Å². The van der Waals surface area contributed by atoms with Crippen molar-refractivity contribution in [3.05, 3.63) is 24.7 Å². The maximum Gasteiger partial charge on any atom is 0.0864 e. The number of allylic oxidation sites excluding steroid dienone is 2. The zero-order valence-corrected chi connectivity index (χ0v) is 9.29. The monoisotopic (exact) mass is 182 g/mol. The normalized spacial score (nSPS) is 16.6. The van der Waals surface area contributed by atoms with Gasteiger partial charge < -0.3 is 4.74 Å². The molecule has 2 unspecified atom stereocenters. The van der Waals surface area contributed by atoms with E-state index in [1.54, 1.807) is 12.5 Å². The third-order valence-corrected chi connectivity index (χ3v) is 2.26. The molecule has 1 heteroatoms. The molecule has 2 atom stereocenters. The van der Waals surface area contributed by atoms with Crippen LogP contribution < -0.4 is 0 Å². The Labute approximate surface area is 82.5 Å². The molecule has 0 saturated carbocycles. The van der Waals surface area contributed by atoms with Crippen LogP contribution in [0.15, 0.2) is 24.7 Å². The van der Waals surface area contributed by atoms with Crippen LogP contribution in [0.2, 0.25) is 0 Å². The lowest BCUT2D eigenvalue weighted by Gasteiger charge is -2.00. The molecule has 0 aliphatic carbocycles. The highest BCUT2D eigenvalue weighted by Crippen LogP contribution is 2.04. The first-order valence-corrected chi connectivity index (χ1v) is 5.19. The molecule has 0 rings (SSSR count). The zero-order valence-electron chi connectivity index (χ0n) is 9.29. The summed E-state index contributed by atoms with van der Waals surface area (Å²) in [5.74, 6) is 1.22. The highest BCUT2D eigenvalue weighted by atomic mass is 16.5. The first-order chi connectivity index (χ1) is 6.20. The Hall–Kier alpha value is -0.720. The van der Waals surface area contributed by atoms with E-state index in [4.69, 9.17) is 4.74 Å². The maximum atomic E-state index is 5.22. The summed E-state index contributed by atoms with van der Waals surface area (Å²) in [5.41, 5.74) is 0. The van der Waals surface area contributed by atoms with Crippen LogP contribution in [0.4, 0.5) is 0 Å². The highest BCUT2D eigenvalue weighted by Gasteiger charge is 1.90. The Morgan fingerprint density at radius 3 is 1.62 bits per heavy atom. The average molecular weight is 182 g/mol. The number of hydrogen-bond donors (Lipinski definition) is 0. The molecule has 0 saturated heterocycles. The van der Waals surface area contributed by atoms with E-state index < -0.39 is 0 Å². The Balaban J connectivity index is 3.54. The van der Waals surface area contributed by atoms with Crippen molar-refractivity contribution in [2.45, 2.75) is 40.5 Å². The molecule has 0 aromatic rings. The number of ether oxygens (including phenoxy) is 1. The van der Waals surface area contributed by atoms with Crippen molar-refractivity contribution in [2.24, 2.45) is 11.8 Å². The molecule has 13 heavy (non-hydrogen) atoms. The average Bonchev–Trinajstić information content (AvgIpc) is 2.16. The van der Waals surface area contributed by atoms with Crippen molar-refractivity contribution in [1.29, 1.82) is 0 Å². The standard InChI is InChI=1S/C12H22O/c1-5-11(3)7-9-13-10-8-12(4)6-2/h7-12H,5-6H2,1-4H3/b9-7-,10-8-. The van der Waals surface area contributed by atoms with Crippen LogP contribution in [0.3, 0.4) is 0 Å². The van der Waals surface area contributed by atoms with E-state index >= 15 is 0 Å². The van der Waals surface area contributed by atoms with Gasteiger partial charge in [0.1, 0.15) is 0 Å². The molecule has 0 spiro atoms. The summed E-state index contributed by atoms with van der Waals surface area (Å²) in [4.78, 5) is 0. The van der Waals surface area contributed by atoms with Crippen molar-refractivity contribution in [2.75, 3.05) is 0 Å². The first kappa shape index (κ1) is 12.3. The minimum Gasteiger partial charge on any atom is -0.473 e. The molecule has 76 valence electrons.